The molecule has 1 aromatic carbocycles. The Kier molecular flexibility index (Phi) is 6.07. The summed E-state index contributed by atoms with van der Waals surface area (Å²) in [6.45, 7) is 5.77. The van der Waals surface area contributed by atoms with Gasteiger partial charge < -0.3 is 19.3 Å². The van der Waals surface area contributed by atoms with Crippen molar-refractivity contribution in [3.05, 3.63) is 53.7 Å². The summed E-state index contributed by atoms with van der Waals surface area (Å²) in [7, 11) is 1.79. The summed E-state index contributed by atoms with van der Waals surface area (Å²) in [4.78, 5) is 21.1. The molecule has 0 aliphatic carbocycles. The van der Waals surface area contributed by atoms with Crippen LogP contribution in [-0.2, 0) is 4.74 Å². The molecule has 1 saturated heterocycles. The van der Waals surface area contributed by atoms with Crippen LogP contribution in [0.2, 0.25) is 0 Å². The van der Waals surface area contributed by atoms with Crippen LogP contribution >= 0.6 is 0 Å². The predicted octanol–water partition coefficient (Wildman–Crippen LogP) is 2.38. The van der Waals surface area contributed by atoms with Crippen molar-refractivity contribution in [3.8, 4) is 5.75 Å². The van der Waals surface area contributed by atoms with Crippen molar-refractivity contribution < 1.29 is 14.3 Å². The summed E-state index contributed by atoms with van der Waals surface area (Å²) in [6, 6.07) is 11.5. The molecule has 1 aliphatic heterocycles. The van der Waals surface area contributed by atoms with E-state index in [-0.39, 0.29) is 5.91 Å². The number of amides is 1. The summed E-state index contributed by atoms with van der Waals surface area (Å²) in [6.07, 6.45) is 1.73. The predicted molar refractivity (Wildman–Crippen MR) is 101 cm³/mol. The van der Waals surface area contributed by atoms with Gasteiger partial charge in [-0.25, -0.2) is 4.98 Å². The van der Waals surface area contributed by atoms with Gasteiger partial charge in [-0.05, 0) is 30.7 Å². The average Bonchev–Trinajstić information content (AvgIpc) is 2.69. The second kappa shape index (κ2) is 8.67. The normalized spacial score (nSPS) is 14.2. The zero-order chi connectivity index (χ0) is 18.4. The number of nitrogens with zero attached hydrogens (tertiary/aromatic N) is 3. The number of aromatic nitrogens is 1. The number of aryl methyl sites for hydroxylation is 1. The van der Waals surface area contributed by atoms with Crippen molar-refractivity contribution in [2.45, 2.75) is 6.92 Å². The second-order valence-corrected chi connectivity index (χ2v) is 6.31. The lowest BCUT2D eigenvalue weighted by atomic mass is 10.2. The van der Waals surface area contributed by atoms with Crippen LogP contribution in [0.1, 0.15) is 15.9 Å². The van der Waals surface area contributed by atoms with Crippen LogP contribution in [0.3, 0.4) is 0 Å². The number of pyridine rings is 1. The van der Waals surface area contributed by atoms with Crippen LogP contribution in [0, 0.1) is 6.92 Å². The largest absolute Gasteiger partial charge is 0.491 e. The molecule has 3 rings (SSSR count). The standard InChI is InChI=1S/C20H25N3O3/c1-16-6-3-4-8-18(16)26-15-10-22(2)20(24)17-7-5-9-21-19(17)23-11-13-25-14-12-23/h3-9H,10-15H2,1-2H3. The van der Waals surface area contributed by atoms with Crippen LogP contribution in [0.15, 0.2) is 42.6 Å². The zero-order valence-electron chi connectivity index (χ0n) is 15.4. The Labute approximate surface area is 154 Å². The molecule has 2 aromatic rings. The van der Waals surface area contributed by atoms with Gasteiger partial charge in [-0.1, -0.05) is 18.2 Å². The molecule has 2 heterocycles. The maximum Gasteiger partial charge on any atom is 0.257 e. The number of carbonyl (C=O) groups is 1. The number of carbonyl (C=O) groups excluding carboxylic acids is 1. The van der Waals surface area contributed by atoms with Crippen LogP contribution in [0.25, 0.3) is 0 Å². The molecule has 6 heteroatoms. The van der Waals surface area contributed by atoms with Gasteiger partial charge in [0.25, 0.3) is 5.91 Å². The third-order valence-corrected chi connectivity index (χ3v) is 4.45. The number of likely N-dealkylation sites (N-methyl/N-ethyl adjacent to an activating group) is 1. The van der Waals surface area contributed by atoms with E-state index in [1.807, 2.05) is 37.3 Å². The minimum absolute atomic E-state index is 0.0482. The fraction of sp³-hybridized carbons (Fsp3) is 0.400. The summed E-state index contributed by atoms with van der Waals surface area (Å²) in [5.41, 5.74) is 1.70. The molecular formula is C20H25N3O3. The van der Waals surface area contributed by atoms with Gasteiger partial charge in [0.2, 0.25) is 0 Å². The number of ether oxygens (including phenoxy) is 2. The number of hydrogen-bond donors (Lipinski definition) is 0. The van der Waals surface area contributed by atoms with Crippen LogP contribution < -0.4 is 9.64 Å². The Bertz CT molecular complexity index is 745. The Balaban J connectivity index is 1.62. The second-order valence-electron chi connectivity index (χ2n) is 6.31. The molecule has 0 bridgehead atoms. The Hall–Kier alpha value is -2.60. The summed E-state index contributed by atoms with van der Waals surface area (Å²) in [5, 5.41) is 0. The fourth-order valence-corrected chi connectivity index (χ4v) is 2.91. The Morgan fingerprint density at radius 3 is 2.77 bits per heavy atom. The van der Waals surface area contributed by atoms with Crippen molar-refractivity contribution in [3.63, 3.8) is 0 Å². The lowest BCUT2D eigenvalue weighted by Gasteiger charge is -2.29. The molecule has 0 radical (unpaired) electrons. The van der Waals surface area contributed by atoms with Crippen molar-refractivity contribution >= 4 is 11.7 Å². The minimum atomic E-state index is -0.0482. The van der Waals surface area contributed by atoms with Gasteiger partial charge >= 0.3 is 0 Å². The number of rotatable bonds is 6. The van der Waals surface area contributed by atoms with Gasteiger partial charge in [-0.15, -0.1) is 0 Å². The molecular weight excluding hydrogens is 330 g/mol. The van der Waals surface area contributed by atoms with E-state index in [1.165, 1.54) is 0 Å². The molecule has 0 saturated carbocycles. The third-order valence-electron chi connectivity index (χ3n) is 4.45. The van der Waals surface area contributed by atoms with Crippen molar-refractivity contribution in [1.29, 1.82) is 0 Å². The first-order chi connectivity index (χ1) is 12.7. The lowest BCUT2D eigenvalue weighted by Crippen LogP contribution is -2.39. The Morgan fingerprint density at radius 2 is 2.00 bits per heavy atom. The smallest absolute Gasteiger partial charge is 0.257 e. The molecule has 1 aromatic heterocycles. The third kappa shape index (κ3) is 4.32. The highest BCUT2D eigenvalue weighted by molar-refractivity contribution is 5.98. The van der Waals surface area contributed by atoms with E-state index in [0.717, 1.165) is 30.2 Å². The Morgan fingerprint density at radius 1 is 1.23 bits per heavy atom. The minimum Gasteiger partial charge on any atom is -0.491 e. The average molecular weight is 355 g/mol. The number of morpholine rings is 1. The molecule has 0 atom stereocenters. The van der Waals surface area contributed by atoms with Crippen LogP contribution in [0.4, 0.5) is 5.82 Å². The molecule has 1 amide bonds. The number of para-hydroxylation sites is 1. The van der Waals surface area contributed by atoms with E-state index in [2.05, 4.69) is 9.88 Å². The van der Waals surface area contributed by atoms with E-state index in [9.17, 15) is 4.79 Å². The van der Waals surface area contributed by atoms with Crippen LogP contribution in [0.5, 0.6) is 5.75 Å². The van der Waals surface area contributed by atoms with Crippen molar-refractivity contribution in [2.75, 3.05) is 51.4 Å². The molecule has 6 nitrogen and oxygen atoms in total. The summed E-state index contributed by atoms with van der Waals surface area (Å²) >= 11 is 0. The lowest BCUT2D eigenvalue weighted by molar-refractivity contribution is 0.0772. The highest BCUT2D eigenvalue weighted by Crippen LogP contribution is 2.20. The van der Waals surface area contributed by atoms with E-state index in [4.69, 9.17) is 9.47 Å². The molecule has 0 N–H and O–H groups in total. The fourth-order valence-electron chi connectivity index (χ4n) is 2.91. The summed E-state index contributed by atoms with van der Waals surface area (Å²) < 4.78 is 11.2. The first-order valence-corrected chi connectivity index (χ1v) is 8.88. The van der Waals surface area contributed by atoms with Gasteiger partial charge in [0.1, 0.15) is 18.2 Å². The van der Waals surface area contributed by atoms with Gasteiger partial charge in [0, 0.05) is 26.3 Å². The topological polar surface area (TPSA) is 54.9 Å². The van der Waals surface area contributed by atoms with Gasteiger partial charge in [0.15, 0.2) is 0 Å². The maximum atomic E-state index is 12.9. The summed E-state index contributed by atoms with van der Waals surface area (Å²) in [5.74, 6) is 1.53. The quantitative estimate of drug-likeness (QED) is 0.796. The molecule has 0 unspecified atom stereocenters. The highest BCUT2D eigenvalue weighted by atomic mass is 16.5. The van der Waals surface area contributed by atoms with Crippen molar-refractivity contribution in [2.24, 2.45) is 0 Å². The first-order valence-electron chi connectivity index (χ1n) is 8.88. The van der Waals surface area contributed by atoms with Crippen LogP contribution in [-0.4, -0.2) is 62.3 Å². The van der Waals surface area contributed by atoms with Crippen molar-refractivity contribution in [1.82, 2.24) is 9.88 Å². The van der Waals surface area contributed by atoms with Gasteiger partial charge in [-0.2, -0.15) is 0 Å². The number of benzene rings is 1. The monoisotopic (exact) mass is 355 g/mol. The van der Waals surface area contributed by atoms with E-state index >= 15 is 0 Å². The van der Waals surface area contributed by atoms with Gasteiger partial charge in [0.05, 0.1) is 25.3 Å². The highest BCUT2D eigenvalue weighted by Gasteiger charge is 2.22. The zero-order valence-corrected chi connectivity index (χ0v) is 15.4. The molecule has 1 aliphatic rings. The molecule has 1 fully saturated rings. The molecule has 0 spiro atoms. The van der Waals surface area contributed by atoms with E-state index in [0.29, 0.717) is 31.9 Å². The first kappa shape index (κ1) is 18.2. The molecule has 26 heavy (non-hydrogen) atoms. The SMILES string of the molecule is Cc1ccccc1OCCN(C)C(=O)c1cccnc1N1CCOCC1. The van der Waals surface area contributed by atoms with Gasteiger partial charge in [-0.3, -0.25) is 4.79 Å². The maximum absolute atomic E-state index is 12.9. The molecule has 138 valence electrons. The van der Waals surface area contributed by atoms with E-state index in [1.54, 1.807) is 24.2 Å². The van der Waals surface area contributed by atoms with E-state index < -0.39 is 0 Å². The number of anilines is 1. The number of hydrogen-bond acceptors (Lipinski definition) is 5.